The zero-order valence-electron chi connectivity index (χ0n) is 12.7. The molecule has 0 aliphatic carbocycles. The van der Waals surface area contributed by atoms with Crippen LogP contribution in [-0.4, -0.2) is 21.0 Å². The van der Waals surface area contributed by atoms with Gasteiger partial charge in [0, 0.05) is 17.6 Å². The number of hydrogen-bond donors (Lipinski definition) is 2. The van der Waals surface area contributed by atoms with Crippen molar-refractivity contribution in [2.45, 2.75) is 20.3 Å². The third-order valence-electron chi connectivity index (χ3n) is 2.94. The first-order chi connectivity index (χ1) is 11.1. The topological polar surface area (TPSA) is 92.9 Å². The van der Waals surface area contributed by atoms with Gasteiger partial charge in [-0.2, -0.15) is 0 Å². The van der Waals surface area contributed by atoms with Crippen molar-refractivity contribution in [2.75, 3.05) is 10.6 Å². The van der Waals surface area contributed by atoms with E-state index in [0.29, 0.717) is 22.4 Å². The van der Waals surface area contributed by atoms with E-state index in [-0.39, 0.29) is 12.3 Å². The van der Waals surface area contributed by atoms with Gasteiger partial charge < -0.3 is 15.2 Å². The second-order valence-corrected chi connectivity index (χ2v) is 5.89. The average Bonchev–Trinajstić information content (AvgIpc) is 3.08. The van der Waals surface area contributed by atoms with Crippen LogP contribution in [0.3, 0.4) is 0 Å². The Balaban J connectivity index is 1.59. The summed E-state index contributed by atoms with van der Waals surface area (Å²) in [6, 6.07) is 5.52. The molecule has 3 rings (SSSR count). The van der Waals surface area contributed by atoms with Gasteiger partial charge in [0.1, 0.15) is 11.6 Å². The maximum absolute atomic E-state index is 11.9. The molecule has 3 aromatic rings. The molecule has 0 aliphatic heterocycles. The molecule has 0 spiro atoms. The Morgan fingerprint density at radius 1 is 1.30 bits per heavy atom. The summed E-state index contributed by atoms with van der Waals surface area (Å²) >= 11 is 1.43. The molecule has 0 unspecified atom stereocenters. The number of thiazole rings is 1. The predicted molar refractivity (Wildman–Crippen MR) is 87.9 cm³/mol. The highest BCUT2D eigenvalue weighted by molar-refractivity contribution is 7.13. The molecule has 0 aliphatic rings. The average molecular weight is 329 g/mol. The SMILES string of the molecule is Cc1ccnc(Nc2nc(CC(=O)Nc3cc(C)on3)cs2)c1. The lowest BCUT2D eigenvalue weighted by atomic mass is 10.3. The minimum atomic E-state index is -0.191. The van der Waals surface area contributed by atoms with Crippen molar-refractivity contribution in [3.05, 3.63) is 46.8 Å². The maximum Gasteiger partial charge on any atom is 0.231 e. The van der Waals surface area contributed by atoms with Crippen LogP contribution in [-0.2, 0) is 11.2 Å². The molecule has 2 N–H and O–H groups in total. The maximum atomic E-state index is 11.9. The summed E-state index contributed by atoms with van der Waals surface area (Å²) in [5.74, 6) is 1.59. The van der Waals surface area contributed by atoms with E-state index < -0.39 is 0 Å². The molecule has 0 atom stereocenters. The molecule has 0 saturated heterocycles. The third-order valence-corrected chi connectivity index (χ3v) is 3.75. The number of nitrogens with one attached hydrogen (secondary N) is 2. The number of carbonyl (C=O) groups is 1. The van der Waals surface area contributed by atoms with Crippen molar-refractivity contribution >= 4 is 34.0 Å². The van der Waals surface area contributed by atoms with E-state index in [1.165, 1.54) is 11.3 Å². The van der Waals surface area contributed by atoms with E-state index >= 15 is 0 Å². The fourth-order valence-electron chi connectivity index (χ4n) is 1.94. The Bertz CT molecular complexity index is 827. The largest absolute Gasteiger partial charge is 0.360 e. The lowest BCUT2D eigenvalue weighted by Gasteiger charge is -2.02. The molecular formula is C15H15N5O2S. The van der Waals surface area contributed by atoms with Gasteiger partial charge in [0.05, 0.1) is 12.1 Å². The molecule has 1 amide bonds. The molecule has 3 aromatic heterocycles. The van der Waals surface area contributed by atoms with Crippen LogP contribution in [0, 0.1) is 13.8 Å². The first-order valence-corrected chi connectivity index (χ1v) is 7.84. The first kappa shape index (κ1) is 15.2. The monoisotopic (exact) mass is 329 g/mol. The zero-order chi connectivity index (χ0) is 16.2. The summed E-state index contributed by atoms with van der Waals surface area (Å²) in [6.07, 6.45) is 1.91. The van der Waals surface area contributed by atoms with Crippen LogP contribution in [0.4, 0.5) is 16.8 Å². The molecule has 0 bridgehead atoms. The lowest BCUT2D eigenvalue weighted by Crippen LogP contribution is -2.14. The predicted octanol–water partition coefficient (Wildman–Crippen LogP) is 3.07. The van der Waals surface area contributed by atoms with Gasteiger partial charge in [-0.25, -0.2) is 9.97 Å². The molecule has 23 heavy (non-hydrogen) atoms. The molecule has 0 saturated carbocycles. The van der Waals surface area contributed by atoms with Gasteiger partial charge in [-0.15, -0.1) is 11.3 Å². The van der Waals surface area contributed by atoms with Gasteiger partial charge in [-0.1, -0.05) is 5.16 Å². The Kier molecular flexibility index (Phi) is 4.33. The van der Waals surface area contributed by atoms with Crippen LogP contribution in [0.1, 0.15) is 17.0 Å². The van der Waals surface area contributed by atoms with Crippen LogP contribution in [0.25, 0.3) is 0 Å². The third kappa shape index (κ3) is 4.13. The van der Waals surface area contributed by atoms with Gasteiger partial charge in [-0.3, -0.25) is 4.79 Å². The standard InChI is InChI=1S/C15H15N5O2S/c1-9-3-4-16-12(5-9)19-15-17-11(8-23-15)7-14(21)18-13-6-10(2)22-20-13/h3-6,8H,7H2,1-2H3,(H,16,17,19)(H,18,20,21). The van der Waals surface area contributed by atoms with Gasteiger partial charge in [0.2, 0.25) is 5.91 Å². The van der Waals surface area contributed by atoms with E-state index in [4.69, 9.17) is 4.52 Å². The van der Waals surface area contributed by atoms with E-state index in [0.717, 1.165) is 11.4 Å². The second kappa shape index (κ2) is 6.57. The molecule has 0 radical (unpaired) electrons. The van der Waals surface area contributed by atoms with E-state index in [1.54, 1.807) is 19.2 Å². The highest BCUT2D eigenvalue weighted by Crippen LogP contribution is 2.20. The highest BCUT2D eigenvalue weighted by Gasteiger charge is 2.10. The van der Waals surface area contributed by atoms with Crippen molar-refractivity contribution in [1.29, 1.82) is 0 Å². The Labute approximate surface area is 136 Å². The van der Waals surface area contributed by atoms with E-state index in [9.17, 15) is 4.79 Å². The highest BCUT2D eigenvalue weighted by atomic mass is 32.1. The molecule has 0 fully saturated rings. The van der Waals surface area contributed by atoms with Crippen molar-refractivity contribution in [2.24, 2.45) is 0 Å². The van der Waals surface area contributed by atoms with Gasteiger partial charge in [-0.05, 0) is 31.5 Å². The van der Waals surface area contributed by atoms with Crippen LogP contribution < -0.4 is 10.6 Å². The number of aromatic nitrogens is 3. The normalized spacial score (nSPS) is 10.5. The number of hydrogen-bond acceptors (Lipinski definition) is 7. The number of rotatable bonds is 5. The number of carbonyl (C=O) groups excluding carboxylic acids is 1. The lowest BCUT2D eigenvalue weighted by molar-refractivity contribution is -0.115. The summed E-state index contributed by atoms with van der Waals surface area (Å²) in [5.41, 5.74) is 1.80. The van der Waals surface area contributed by atoms with Crippen molar-refractivity contribution in [3.8, 4) is 0 Å². The minimum absolute atomic E-state index is 0.172. The van der Waals surface area contributed by atoms with Crippen LogP contribution >= 0.6 is 11.3 Å². The summed E-state index contributed by atoms with van der Waals surface area (Å²) in [7, 11) is 0. The Morgan fingerprint density at radius 2 is 2.17 bits per heavy atom. The Morgan fingerprint density at radius 3 is 2.91 bits per heavy atom. The van der Waals surface area contributed by atoms with Gasteiger partial charge in [0.15, 0.2) is 10.9 Å². The molecular weight excluding hydrogens is 314 g/mol. The number of aryl methyl sites for hydroxylation is 2. The van der Waals surface area contributed by atoms with Crippen molar-refractivity contribution in [1.82, 2.24) is 15.1 Å². The summed E-state index contributed by atoms with van der Waals surface area (Å²) in [6.45, 7) is 3.76. The van der Waals surface area contributed by atoms with Crippen LogP contribution in [0.15, 0.2) is 34.3 Å². The molecule has 3 heterocycles. The number of anilines is 3. The van der Waals surface area contributed by atoms with E-state index in [2.05, 4.69) is 25.8 Å². The molecule has 8 heteroatoms. The summed E-state index contributed by atoms with van der Waals surface area (Å²) < 4.78 is 4.90. The number of amides is 1. The summed E-state index contributed by atoms with van der Waals surface area (Å²) in [4.78, 5) is 20.5. The quantitative estimate of drug-likeness (QED) is 0.747. The minimum Gasteiger partial charge on any atom is -0.360 e. The molecule has 118 valence electrons. The number of nitrogens with zero attached hydrogens (tertiary/aromatic N) is 3. The Hall–Kier alpha value is -2.74. The van der Waals surface area contributed by atoms with E-state index in [1.807, 2.05) is 24.4 Å². The fourth-order valence-corrected chi connectivity index (χ4v) is 2.65. The van der Waals surface area contributed by atoms with Crippen molar-refractivity contribution < 1.29 is 9.32 Å². The molecule has 7 nitrogen and oxygen atoms in total. The molecule has 0 aromatic carbocycles. The first-order valence-electron chi connectivity index (χ1n) is 6.96. The smallest absolute Gasteiger partial charge is 0.231 e. The van der Waals surface area contributed by atoms with Gasteiger partial charge in [0.25, 0.3) is 0 Å². The fraction of sp³-hybridized carbons (Fsp3) is 0.200. The van der Waals surface area contributed by atoms with Gasteiger partial charge >= 0.3 is 0 Å². The summed E-state index contributed by atoms with van der Waals surface area (Å²) in [5, 5.41) is 12.1. The van der Waals surface area contributed by atoms with Crippen LogP contribution in [0.2, 0.25) is 0 Å². The van der Waals surface area contributed by atoms with Crippen molar-refractivity contribution in [3.63, 3.8) is 0 Å². The zero-order valence-corrected chi connectivity index (χ0v) is 13.5. The second-order valence-electron chi connectivity index (χ2n) is 5.04. The number of pyridine rings is 1. The van der Waals surface area contributed by atoms with Crippen LogP contribution in [0.5, 0.6) is 0 Å².